The molecule has 3 heterocycles. The highest BCUT2D eigenvalue weighted by Gasteiger charge is 2.43. The number of likely N-dealkylation sites (tertiary alicyclic amines) is 3. The van der Waals surface area contributed by atoms with E-state index < -0.39 is 72.1 Å². The van der Waals surface area contributed by atoms with Gasteiger partial charge in [-0.25, -0.2) is 0 Å². The maximum atomic E-state index is 14.5. The van der Waals surface area contributed by atoms with Crippen molar-refractivity contribution >= 4 is 108 Å². The summed E-state index contributed by atoms with van der Waals surface area (Å²) in [6.45, 7) is 6.40. The number of carbonyl (C=O) groups is 12. The van der Waals surface area contributed by atoms with Gasteiger partial charge >= 0.3 is 0 Å². The van der Waals surface area contributed by atoms with Crippen LogP contribution < -0.4 is 63.8 Å². The Bertz CT molecular complexity index is 3580. The molecule has 27 nitrogen and oxygen atoms in total. The van der Waals surface area contributed by atoms with Crippen molar-refractivity contribution in [3.63, 3.8) is 0 Å². The van der Waals surface area contributed by atoms with E-state index >= 15 is 0 Å². The third-order valence-corrected chi connectivity index (χ3v) is 23.2. The van der Waals surface area contributed by atoms with E-state index in [1.54, 1.807) is 56.6 Å². The predicted molar refractivity (Wildman–Crippen MR) is 443 cm³/mol. The van der Waals surface area contributed by atoms with E-state index in [1.807, 2.05) is 54.6 Å². The topological polar surface area (TPSA) is 359 Å². The Kier molecular flexibility index (Phi) is 36.9. The van der Waals surface area contributed by atoms with Crippen LogP contribution in [0.4, 0.5) is 0 Å². The van der Waals surface area contributed by atoms with E-state index in [0.29, 0.717) is 96.7 Å². The number of amides is 12. The highest BCUT2D eigenvalue weighted by Crippen LogP contribution is 2.34. The van der Waals surface area contributed by atoms with E-state index in [-0.39, 0.29) is 164 Å². The summed E-state index contributed by atoms with van der Waals surface area (Å²) >= 11 is 0. The zero-order valence-electron chi connectivity index (χ0n) is 66.8. The quantitative estimate of drug-likeness (QED) is 0.0217. The Balaban J connectivity index is 0.00000600. The van der Waals surface area contributed by atoms with Gasteiger partial charge < -0.3 is 78.5 Å². The number of nitrogens with one attached hydrogen (secondary N) is 12. The van der Waals surface area contributed by atoms with Gasteiger partial charge in [0.15, 0.2) is 0 Å². The molecule has 114 heavy (non-hydrogen) atoms. The summed E-state index contributed by atoms with van der Waals surface area (Å²) in [7, 11) is 4.93. The molecule has 4 aromatic rings. The second-order valence-electron chi connectivity index (χ2n) is 30.8. The molecule has 12 atom stereocenters. The second kappa shape index (κ2) is 45.5. The molecule has 4 aromatic carbocycles. The van der Waals surface area contributed by atoms with Crippen LogP contribution in [0.2, 0.25) is 0 Å². The Hall–Kier alpha value is -8.73. The zero-order valence-corrected chi connectivity index (χ0v) is 69.2. The number of halogens is 3. The van der Waals surface area contributed by atoms with Crippen LogP contribution in [0.1, 0.15) is 238 Å². The maximum Gasteiger partial charge on any atom is 0.251 e. The van der Waals surface area contributed by atoms with Gasteiger partial charge in [-0.1, -0.05) is 72.8 Å². The molecule has 12 amide bonds. The number of aryl methyl sites for hydroxylation is 3. The van der Waals surface area contributed by atoms with Crippen molar-refractivity contribution in [2.24, 2.45) is 0 Å². The third kappa shape index (κ3) is 24.4. The van der Waals surface area contributed by atoms with Gasteiger partial charge in [0.2, 0.25) is 53.2 Å². The molecule has 6 aliphatic rings. The molecule has 0 bridgehead atoms. The van der Waals surface area contributed by atoms with Gasteiger partial charge in [0.1, 0.15) is 36.3 Å². The van der Waals surface area contributed by atoms with Crippen molar-refractivity contribution < 1.29 is 57.5 Å². The largest absolute Gasteiger partial charge is 0.352 e. The van der Waals surface area contributed by atoms with Crippen LogP contribution in [0, 0.1) is 0 Å². The first-order valence-corrected chi connectivity index (χ1v) is 40.6. The third-order valence-electron chi connectivity index (χ3n) is 23.2. The SMILES string of the molecule is CN[C@@H](C)C(=O)N[C@@H](CCCCNC(=O)c1cc(C(=O)NCCCC[C@H](NC(=O)[C@H](C)NC)C(=O)N2CCC[C@H]2C(=O)N[C@@H]2CCCc3ccccc32)cc(C(=O)NCCCC[C@H](NC(=O)[C@H](C)NC)C(=O)N2CCC[C@H]2C(=O)N[C@@H]2CCCc3ccccc32)c1)C(=O)N1CCC[C@H]1C(=O)N[C@@H]1CCCc2ccccc21.Cl.Cl.Cl. The highest BCUT2D eigenvalue weighted by atomic mass is 35.5. The maximum absolute atomic E-state index is 14.5. The molecule has 30 heteroatoms. The lowest BCUT2D eigenvalue weighted by atomic mass is 9.87. The normalized spacial score (nSPS) is 20.2. The molecule has 3 saturated heterocycles. The van der Waals surface area contributed by atoms with Crippen LogP contribution in [0.5, 0.6) is 0 Å². The average molecular weight is 1640 g/mol. The lowest BCUT2D eigenvalue weighted by Crippen LogP contribution is -2.55. The molecule has 3 aliphatic heterocycles. The minimum absolute atomic E-state index is 0. The first kappa shape index (κ1) is 92.4. The molecule has 0 saturated carbocycles. The first-order valence-electron chi connectivity index (χ1n) is 40.6. The van der Waals surface area contributed by atoms with Gasteiger partial charge in [0.05, 0.1) is 36.3 Å². The van der Waals surface area contributed by atoms with Crippen LogP contribution >= 0.6 is 37.2 Å². The van der Waals surface area contributed by atoms with Crippen molar-refractivity contribution in [2.45, 2.75) is 247 Å². The summed E-state index contributed by atoms with van der Waals surface area (Å²) in [6, 6.07) is 20.9. The summed E-state index contributed by atoms with van der Waals surface area (Å²) in [5, 5.41) is 36.0. The molecule has 0 aromatic heterocycles. The molecule has 10 rings (SSSR count). The number of fused-ring (bicyclic) bond motifs is 3. The van der Waals surface area contributed by atoms with E-state index in [9.17, 15) is 57.5 Å². The van der Waals surface area contributed by atoms with E-state index in [2.05, 4.69) is 82.0 Å². The zero-order chi connectivity index (χ0) is 79.1. The molecule has 624 valence electrons. The lowest BCUT2D eigenvalue weighted by molar-refractivity contribution is -0.142. The van der Waals surface area contributed by atoms with Crippen LogP contribution in [0.15, 0.2) is 91.0 Å². The molecule has 0 unspecified atom stereocenters. The van der Waals surface area contributed by atoms with Gasteiger partial charge in [-0.2, -0.15) is 0 Å². The van der Waals surface area contributed by atoms with Crippen molar-refractivity contribution in [1.82, 2.24) is 78.5 Å². The molecule has 3 fully saturated rings. The number of carbonyl (C=O) groups excluding carboxylic acids is 12. The summed E-state index contributed by atoms with van der Waals surface area (Å²) < 4.78 is 0. The smallest absolute Gasteiger partial charge is 0.251 e. The van der Waals surface area contributed by atoms with Gasteiger partial charge in [-0.3, -0.25) is 57.5 Å². The molecular formula is C84H120Cl3N15O12. The second-order valence-corrected chi connectivity index (χ2v) is 30.8. The van der Waals surface area contributed by atoms with Gasteiger partial charge in [-0.05, 0) is 248 Å². The minimum Gasteiger partial charge on any atom is -0.352 e. The fraction of sp³-hybridized carbons (Fsp3) is 0.571. The average Bonchev–Trinajstić information content (AvgIpc) is 1.57. The summed E-state index contributed by atoms with van der Waals surface area (Å²) in [5.41, 5.74) is 6.84. The Morgan fingerprint density at radius 1 is 0.360 bits per heavy atom. The number of rotatable bonds is 36. The fourth-order valence-electron chi connectivity index (χ4n) is 16.4. The van der Waals surface area contributed by atoms with Crippen molar-refractivity contribution in [1.29, 1.82) is 0 Å². The number of hydrogen-bond donors (Lipinski definition) is 12. The number of hydrogen-bond acceptors (Lipinski definition) is 15. The first-order chi connectivity index (χ1) is 53.7. The van der Waals surface area contributed by atoms with E-state index in [1.165, 1.54) is 34.9 Å². The van der Waals surface area contributed by atoms with Crippen LogP contribution in [-0.2, 0) is 62.4 Å². The van der Waals surface area contributed by atoms with Gasteiger partial charge in [0, 0.05) is 56.0 Å². The Morgan fingerprint density at radius 3 is 0.886 bits per heavy atom. The van der Waals surface area contributed by atoms with Crippen molar-refractivity contribution in [3.05, 3.63) is 141 Å². The summed E-state index contributed by atoms with van der Waals surface area (Å²) in [4.78, 5) is 174. The van der Waals surface area contributed by atoms with E-state index in [0.717, 1.165) is 74.5 Å². The number of nitrogens with zero attached hydrogens (tertiary/aromatic N) is 3. The molecule has 0 spiro atoms. The van der Waals surface area contributed by atoms with Crippen molar-refractivity contribution in [2.75, 3.05) is 60.4 Å². The fourth-order valence-corrected chi connectivity index (χ4v) is 16.4. The van der Waals surface area contributed by atoms with Crippen LogP contribution in [0.3, 0.4) is 0 Å². The van der Waals surface area contributed by atoms with E-state index in [4.69, 9.17) is 0 Å². The molecule has 3 aliphatic carbocycles. The number of likely N-dealkylation sites (N-methyl/N-ethyl adjacent to an activating group) is 3. The number of unbranched alkanes of at least 4 members (excludes halogenated alkanes) is 3. The minimum atomic E-state index is -0.973. The van der Waals surface area contributed by atoms with Gasteiger partial charge in [-0.15, -0.1) is 37.2 Å². The monoisotopic (exact) mass is 1640 g/mol. The molecule has 12 N–H and O–H groups in total. The van der Waals surface area contributed by atoms with Crippen LogP contribution in [0.25, 0.3) is 0 Å². The highest BCUT2D eigenvalue weighted by molar-refractivity contribution is 6.05. The summed E-state index contributed by atoms with van der Waals surface area (Å²) in [5.74, 6) is -4.76. The summed E-state index contributed by atoms with van der Waals surface area (Å²) in [6.07, 6.45) is 14.0. The predicted octanol–water partition coefficient (Wildman–Crippen LogP) is 6.48. The molecule has 0 radical (unpaired) electrons. The van der Waals surface area contributed by atoms with Crippen LogP contribution in [-0.4, -0.2) is 200 Å². The Labute approximate surface area is 689 Å². The lowest BCUT2D eigenvalue weighted by Gasteiger charge is -2.32. The Morgan fingerprint density at radius 2 is 0.623 bits per heavy atom. The number of benzene rings is 4. The standard InChI is InChI=1S/C84H117N15O12.3ClH/c1-52(85-4)73(100)94-67(82(109)97-46-22-40-70(97)79(106)91-64-37-19-28-55-25-7-10-31-61(55)64)34-13-16-43-88-76(103)58-49-59(77(104)89-44-17-14-35-68(95-74(101)53(2)86-5)83(110)98-47-23-41-71(98)80(107)92-65-38-20-29-56-26-8-11-32-62(56)65)51-60(50-58)78(105)90-45-18-15-36-69(96-75(102)54(3)87-6)84(111)99-48-24-42-72(99)81(108)93-66-39-21-30-57-27-9-12-33-63(57)66;;;/h7-12,25-27,31-33,49-54,64-72,85-87H,13-24,28-30,34-48H2,1-6H3,(H,88,103)(H,89,104)(H,90,105)(H,91,106)(H,92,107)(H,93,108)(H,94,100)(H,95,101)(H,96,102);3*1H/t52-,53-,54-,64+,65+,66+,67-,68-,69-,70-,71-,72-;;;/m0.../s1. The van der Waals surface area contributed by atoms with Gasteiger partial charge in [0.25, 0.3) is 17.7 Å². The molecular weight excluding hydrogens is 1520 g/mol. The van der Waals surface area contributed by atoms with Crippen molar-refractivity contribution in [3.8, 4) is 0 Å².